The Kier molecular flexibility index (Phi) is 9.16. The molecule has 8 heteroatoms. The fraction of sp³-hybridized carbons (Fsp3) is 0.650. The summed E-state index contributed by atoms with van der Waals surface area (Å²) < 4.78 is 5.12. The average molecular weight is 392 g/mol. The van der Waals surface area contributed by atoms with E-state index < -0.39 is 0 Å². The standard InChI is InChI=1S/C20H33N5O3/c1-17(2)16-23-10-12-24(13-11-23)20(21-9-4-14-28-3)22-15-18-5-7-19(8-6-18)25(26)27/h5-8,17H,4,9-16H2,1-3H3,(H,21,22). The molecule has 1 fully saturated rings. The molecule has 8 nitrogen and oxygen atoms in total. The first kappa shape index (κ1) is 22.1. The van der Waals surface area contributed by atoms with Crippen LogP contribution in [0.3, 0.4) is 0 Å². The molecule has 1 aromatic carbocycles. The lowest BCUT2D eigenvalue weighted by Gasteiger charge is -2.37. The highest BCUT2D eigenvalue weighted by molar-refractivity contribution is 5.80. The first-order valence-electron chi connectivity index (χ1n) is 9.97. The molecule has 0 bridgehead atoms. The Morgan fingerprint density at radius 2 is 1.93 bits per heavy atom. The lowest BCUT2D eigenvalue weighted by Crippen LogP contribution is -2.53. The van der Waals surface area contributed by atoms with Crippen LogP contribution in [0.1, 0.15) is 25.8 Å². The molecule has 0 aromatic heterocycles. The molecule has 1 aromatic rings. The molecule has 0 radical (unpaired) electrons. The summed E-state index contributed by atoms with van der Waals surface area (Å²) in [4.78, 5) is 20.0. The van der Waals surface area contributed by atoms with Gasteiger partial charge in [0.1, 0.15) is 0 Å². The van der Waals surface area contributed by atoms with Crippen LogP contribution < -0.4 is 5.32 Å². The smallest absolute Gasteiger partial charge is 0.269 e. The largest absolute Gasteiger partial charge is 0.385 e. The second kappa shape index (κ2) is 11.6. The number of hydrogen-bond acceptors (Lipinski definition) is 5. The first-order chi connectivity index (χ1) is 13.5. The molecule has 1 aliphatic rings. The topological polar surface area (TPSA) is 83.2 Å². The van der Waals surface area contributed by atoms with Gasteiger partial charge in [0.05, 0.1) is 11.5 Å². The Labute approximate surface area is 167 Å². The van der Waals surface area contributed by atoms with Crippen LogP contribution in [0.2, 0.25) is 0 Å². The van der Waals surface area contributed by atoms with E-state index in [4.69, 9.17) is 9.73 Å². The Morgan fingerprint density at radius 1 is 1.25 bits per heavy atom. The molecule has 1 saturated heterocycles. The van der Waals surface area contributed by atoms with E-state index in [1.165, 1.54) is 12.1 Å². The summed E-state index contributed by atoms with van der Waals surface area (Å²) in [5, 5.41) is 14.2. The molecule has 1 heterocycles. The van der Waals surface area contributed by atoms with Crippen molar-refractivity contribution in [1.29, 1.82) is 0 Å². The van der Waals surface area contributed by atoms with Crippen LogP contribution in [0.4, 0.5) is 5.69 Å². The van der Waals surface area contributed by atoms with Crippen molar-refractivity contribution in [2.24, 2.45) is 10.9 Å². The van der Waals surface area contributed by atoms with Gasteiger partial charge in [0.2, 0.25) is 0 Å². The van der Waals surface area contributed by atoms with Gasteiger partial charge in [0.15, 0.2) is 5.96 Å². The summed E-state index contributed by atoms with van der Waals surface area (Å²) in [6, 6.07) is 6.60. The second-order valence-electron chi connectivity index (χ2n) is 7.52. The van der Waals surface area contributed by atoms with Crippen LogP contribution >= 0.6 is 0 Å². The molecular formula is C20H33N5O3. The Hall–Kier alpha value is -2.19. The Morgan fingerprint density at radius 3 is 2.50 bits per heavy atom. The molecule has 1 N–H and O–H groups in total. The molecule has 0 saturated carbocycles. The minimum absolute atomic E-state index is 0.104. The van der Waals surface area contributed by atoms with Gasteiger partial charge in [-0.3, -0.25) is 15.0 Å². The molecule has 0 unspecified atom stereocenters. The molecule has 1 aliphatic heterocycles. The summed E-state index contributed by atoms with van der Waals surface area (Å²) in [5.74, 6) is 1.58. The van der Waals surface area contributed by atoms with E-state index in [0.717, 1.165) is 57.2 Å². The fourth-order valence-corrected chi connectivity index (χ4v) is 3.23. The van der Waals surface area contributed by atoms with Crippen molar-refractivity contribution in [3.8, 4) is 0 Å². The van der Waals surface area contributed by atoms with Crippen molar-refractivity contribution in [2.45, 2.75) is 26.8 Å². The van der Waals surface area contributed by atoms with Crippen LogP contribution in [0.5, 0.6) is 0 Å². The summed E-state index contributed by atoms with van der Waals surface area (Å²) in [7, 11) is 1.71. The lowest BCUT2D eigenvalue weighted by atomic mass is 10.2. The molecular weight excluding hydrogens is 358 g/mol. The SMILES string of the molecule is COCCCNC(=NCc1ccc([N+](=O)[O-])cc1)N1CCN(CC(C)C)CC1. The number of nitro groups is 1. The van der Waals surface area contributed by atoms with E-state index in [1.807, 2.05) is 0 Å². The fourth-order valence-electron chi connectivity index (χ4n) is 3.23. The quantitative estimate of drug-likeness (QED) is 0.229. The van der Waals surface area contributed by atoms with Gasteiger partial charge in [0.25, 0.3) is 5.69 Å². The number of rotatable bonds is 9. The third-order valence-electron chi connectivity index (χ3n) is 4.66. The second-order valence-corrected chi connectivity index (χ2v) is 7.52. The predicted octanol–water partition coefficient (Wildman–Crippen LogP) is 2.35. The van der Waals surface area contributed by atoms with Crippen molar-refractivity contribution in [1.82, 2.24) is 15.1 Å². The maximum atomic E-state index is 10.8. The zero-order chi connectivity index (χ0) is 20.4. The van der Waals surface area contributed by atoms with E-state index in [9.17, 15) is 10.1 Å². The average Bonchev–Trinajstić information content (AvgIpc) is 2.68. The highest BCUT2D eigenvalue weighted by Crippen LogP contribution is 2.13. The number of benzene rings is 1. The van der Waals surface area contributed by atoms with Gasteiger partial charge in [-0.25, -0.2) is 4.99 Å². The molecule has 28 heavy (non-hydrogen) atoms. The van der Waals surface area contributed by atoms with Gasteiger partial charge in [-0.2, -0.15) is 0 Å². The molecule has 156 valence electrons. The maximum absolute atomic E-state index is 10.8. The summed E-state index contributed by atoms with van der Waals surface area (Å²) in [5.41, 5.74) is 1.06. The minimum atomic E-state index is -0.382. The third-order valence-corrected chi connectivity index (χ3v) is 4.66. The van der Waals surface area contributed by atoms with E-state index in [2.05, 4.69) is 29.0 Å². The van der Waals surface area contributed by atoms with E-state index in [1.54, 1.807) is 19.2 Å². The van der Waals surface area contributed by atoms with Crippen molar-refractivity contribution in [2.75, 3.05) is 53.0 Å². The number of nitrogens with one attached hydrogen (secondary N) is 1. The van der Waals surface area contributed by atoms with Crippen LogP contribution in [0, 0.1) is 16.0 Å². The number of nitrogens with zero attached hydrogens (tertiary/aromatic N) is 4. The predicted molar refractivity (Wildman–Crippen MR) is 112 cm³/mol. The zero-order valence-electron chi connectivity index (χ0n) is 17.3. The van der Waals surface area contributed by atoms with Crippen molar-refractivity contribution < 1.29 is 9.66 Å². The number of hydrogen-bond donors (Lipinski definition) is 1. The first-order valence-corrected chi connectivity index (χ1v) is 9.97. The molecule has 0 aliphatic carbocycles. The highest BCUT2D eigenvalue weighted by Gasteiger charge is 2.20. The van der Waals surface area contributed by atoms with Gasteiger partial charge >= 0.3 is 0 Å². The van der Waals surface area contributed by atoms with Crippen molar-refractivity contribution in [3.63, 3.8) is 0 Å². The molecule has 0 spiro atoms. The number of aliphatic imine (C=N–C) groups is 1. The Balaban J connectivity index is 1.97. The van der Waals surface area contributed by atoms with E-state index in [-0.39, 0.29) is 10.6 Å². The van der Waals surface area contributed by atoms with Crippen LogP contribution in [-0.4, -0.2) is 73.7 Å². The van der Waals surface area contributed by atoms with Crippen LogP contribution in [0.25, 0.3) is 0 Å². The highest BCUT2D eigenvalue weighted by atomic mass is 16.6. The summed E-state index contributed by atoms with van der Waals surface area (Å²) in [6.07, 6.45) is 0.917. The number of non-ortho nitro benzene ring substituents is 1. The van der Waals surface area contributed by atoms with Gasteiger partial charge in [-0.05, 0) is 17.9 Å². The van der Waals surface area contributed by atoms with Gasteiger partial charge in [0, 0.05) is 65.1 Å². The normalized spacial score (nSPS) is 15.9. The monoisotopic (exact) mass is 391 g/mol. The van der Waals surface area contributed by atoms with E-state index in [0.29, 0.717) is 19.1 Å². The van der Waals surface area contributed by atoms with Crippen molar-refractivity contribution in [3.05, 3.63) is 39.9 Å². The van der Waals surface area contributed by atoms with E-state index >= 15 is 0 Å². The van der Waals surface area contributed by atoms with Gasteiger partial charge in [-0.1, -0.05) is 26.0 Å². The zero-order valence-corrected chi connectivity index (χ0v) is 17.3. The van der Waals surface area contributed by atoms with Gasteiger partial charge < -0.3 is 15.0 Å². The number of guanidine groups is 1. The number of nitro benzene ring substituents is 1. The summed E-state index contributed by atoms with van der Waals surface area (Å²) >= 11 is 0. The molecule has 0 atom stereocenters. The van der Waals surface area contributed by atoms with Gasteiger partial charge in [-0.15, -0.1) is 0 Å². The molecule has 2 rings (SSSR count). The van der Waals surface area contributed by atoms with Crippen LogP contribution in [-0.2, 0) is 11.3 Å². The third kappa shape index (κ3) is 7.44. The lowest BCUT2D eigenvalue weighted by molar-refractivity contribution is -0.384. The summed E-state index contributed by atoms with van der Waals surface area (Å²) in [6.45, 7) is 11.6. The number of piperazine rings is 1. The number of methoxy groups -OCH3 is 1. The van der Waals surface area contributed by atoms with Crippen molar-refractivity contribution >= 4 is 11.6 Å². The minimum Gasteiger partial charge on any atom is -0.385 e. The Bertz CT molecular complexity index is 625. The van der Waals surface area contributed by atoms with Crippen LogP contribution in [0.15, 0.2) is 29.3 Å². The maximum Gasteiger partial charge on any atom is 0.269 e. The molecule has 0 amide bonds. The number of ether oxygens (including phenoxy) is 1.